The van der Waals surface area contributed by atoms with Crippen LogP contribution in [0.5, 0.6) is 0 Å². The van der Waals surface area contributed by atoms with Crippen LogP contribution in [0.3, 0.4) is 0 Å². The van der Waals surface area contributed by atoms with E-state index in [1.165, 1.54) is 19.2 Å². The molecule has 1 heterocycles. The quantitative estimate of drug-likeness (QED) is 0.858. The number of β-amino-alcohol motifs (C(OH)–C–C–N with tert-alkyl or cyclic N) is 1. The van der Waals surface area contributed by atoms with Crippen LogP contribution in [0.4, 0.5) is 4.39 Å². The average Bonchev–Trinajstić information content (AvgIpc) is 2.74. The molecule has 2 rings (SSSR count). The van der Waals surface area contributed by atoms with Gasteiger partial charge in [0.15, 0.2) is 0 Å². The molecular formula is C13H15ClFNO3. The fourth-order valence-corrected chi connectivity index (χ4v) is 2.54. The van der Waals surface area contributed by atoms with Gasteiger partial charge in [-0.15, -0.1) is 0 Å². The number of nitrogens with zero attached hydrogens (tertiary/aromatic N) is 1. The fraction of sp³-hybridized carbons (Fsp3) is 0.462. The van der Waals surface area contributed by atoms with E-state index < -0.39 is 23.9 Å². The van der Waals surface area contributed by atoms with E-state index in [1.54, 1.807) is 11.0 Å². The van der Waals surface area contributed by atoms with E-state index in [9.17, 15) is 14.3 Å². The molecule has 19 heavy (non-hydrogen) atoms. The Kier molecular flexibility index (Phi) is 4.39. The molecule has 0 saturated carbocycles. The molecule has 4 nitrogen and oxygen atoms in total. The minimum Gasteiger partial charge on any atom is -0.468 e. The summed E-state index contributed by atoms with van der Waals surface area (Å²) in [6, 6.07) is 3.88. The summed E-state index contributed by atoms with van der Waals surface area (Å²) in [7, 11) is 1.29. The highest BCUT2D eigenvalue weighted by Gasteiger charge is 2.37. The molecule has 0 radical (unpaired) electrons. The third-order valence-corrected chi connectivity index (χ3v) is 3.63. The van der Waals surface area contributed by atoms with Gasteiger partial charge in [-0.2, -0.15) is 0 Å². The molecule has 1 aliphatic rings. The number of carbonyl (C=O) groups excluding carboxylic acids is 1. The van der Waals surface area contributed by atoms with Crippen molar-refractivity contribution in [2.75, 3.05) is 13.7 Å². The van der Waals surface area contributed by atoms with Gasteiger partial charge in [-0.1, -0.05) is 17.7 Å². The zero-order valence-electron chi connectivity index (χ0n) is 10.5. The number of aliphatic hydroxyl groups is 1. The molecule has 104 valence electrons. The van der Waals surface area contributed by atoms with Crippen molar-refractivity contribution < 1.29 is 19.0 Å². The Labute approximate surface area is 115 Å². The summed E-state index contributed by atoms with van der Waals surface area (Å²) in [5.74, 6) is -0.846. The zero-order valence-corrected chi connectivity index (χ0v) is 11.2. The van der Waals surface area contributed by atoms with Crippen molar-refractivity contribution in [1.29, 1.82) is 0 Å². The Hall–Kier alpha value is -1.17. The highest BCUT2D eigenvalue weighted by molar-refractivity contribution is 6.31. The lowest BCUT2D eigenvalue weighted by molar-refractivity contribution is -0.146. The van der Waals surface area contributed by atoms with Crippen LogP contribution >= 0.6 is 11.6 Å². The number of aliphatic hydroxyl groups excluding tert-OH is 1. The van der Waals surface area contributed by atoms with Crippen molar-refractivity contribution in [2.24, 2.45) is 0 Å². The molecule has 2 atom stereocenters. The standard InChI is InChI=1S/C13H15ClFNO3/c1-19-13(18)12-5-8(17)6-16(12)7-9-10(14)3-2-4-11(9)15/h2-4,8,12,17H,5-7H2,1H3. The number of benzene rings is 1. The molecule has 1 aliphatic heterocycles. The van der Waals surface area contributed by atoms with Crippen molar-refractivity contribution >= 4 is 17.6 Å². The zero-order chi connectivity index (χ0) is 14.0. The largest absolute Gasteiger partial charge is 0.468 e. The number of methoxy groups -OCH3 is 1. The SMILES string of the molecule is COC(=O)C1CC(O)CN1Cc1c(F)cccc1Cl. The molecule has 1 N–H and O–H groups in total. The van der Waals surface area contributed by atoms with Gasteiger partial charge in [0.1, 0.15) is 11.9 Å². The maximum atomic E-state index is 13.7. The Balaban J connectivity index is 2.19. The van der Waals surface area contributed by atoms with Crippen LogP contribution in [0.15, 0.2) is 18.2 Å². The van der Waals surface area contributed by atoms with Crippen molar-refractivity contribution in [2.45, 2.75) is 25.1 Å². The minimum atomic E-state index is -0.616. The molecule has 1 saturated heterocycles. The van der Waals surface area contributed by atoms with Crippen LogP contribution < -0.4 is 0 Å². The third-order valence-electron chi connectivity index (χ3n) is 3.28. The summed E-state index contributed by atoms with van der Waals surface area (Å²) >= 11 is 5.96. The first-order valence-electron chi connectivity index (χ1n) is 5.95. The third kappa shape index (κ3) is 3.05. The van der Waals surface area contributed by atoms with Crippen molar-refractivity contribution in [3.63, 3.8) is 0 Å². The Bertz CT molecular complexity index is 463. The van der Waals surface area contributed by atoms with Crippen molar-refractivity contribution in [1.82, 2.24) is 4.90 Å². The van der Waals surface area contributed by atoms with E-state index in [-0.39, 0.29) is 6.54 Å². The molecule has 6 heteroatoms. The number of ether oxygens (including phenoxy) is 1. The number of carbonyl (C=O) groups is 1. The highest BCUT2D eigenvalue weighted by Crippen LogP contribution is 2.26. The van der Waals surface area contributed by atoms with Gasteiger partial charge in [0.2, 0.25) is 0 Å². The normalized spacial score (nSPS) is 23.6. The molecule has 0 bridgehead atoms. The first-order chi connectivity index (χ1) is 9.02. The number of esters is 1. The van der Waals surface area contributed by atoms with E-state index in [2.05, 4.69) is 0 Å². The van der Waals surface area contributed by atoms with E-state index >= 15 is 0 Å². The van der Waals surface area contributed by atoms with Crippen LogP contribution in [-0.2, 0) is 16.1 Å². The number of rotatable bonds is 3. The maximum absolute atomic E-state index is 13.7. The van der Waals surface area contributed by atoms with E-state index in [0.717, 1.165) is 0 Å². The maximum Gasteiger partial charge on any atom is 0.323 e. The van der Waals surface area contributed by atoms with Crippen LogP contribution in [0, 0.1) is 5.82 Å². The van der Waals surface area contributed by atoms with Crippen LogP contribution in [0.25, 0.3) is 0 Å². The van der Waals surface area contributed by atoms with E-state index in [1.807, 2.05) is 0 Å². The van der Waals surface area contributed by atoms with Crippen molar-refractivity contribution in [3.8, 4) is 0 Å². The van der Waals surface area contributed by atoms with Crippen molar-refractivity contribution in [3.05, 3.63) is 34.6 Å². The molecule has 2 unspecified atom stereocenters. The minimum absolute atomic E-state index is 0.169. The second-order valence-corrected chi connectivity index (χ2v) is 4.97. The van der Waals surface area contributed by atoms with Gasteiger partial charge in [0.05, 0.1) is 13.2 Å². The predicted octanol–water partition coefficient (Wildman–Crippen LogP) is 1.59. The molecule has 1 fully saturated rings. The molecule has 1 aromatic rings. The van der Waals surface area contributed by atoms with Crippen LogP contribution in [0.2, 0.25) is 5.02 Å². The van der Waals surface area contributed by atoms with Gasteiger partial charge in [0.25, 0.3) is 0 Å². The molecule has 0 spiro atoms. The Morgan fingerprint density at radius 3 is 3.00 bits per heavy atom. The lowest BCUT2D eigenvalue weighted by Crippen LogP contribution is -2.36. The molecule has 0 amide bonds. The highest BCUT2D eigenvalue weighted by atomic mass is 35.5. The molecular weight excluding hydrogens is 273 g/mol. The Morgan fingerprint density at radius 2 is 2.37 bits per heavy atom. The van der Waals surface area contributed by atoms with Crippen LogP contribution in [-0.4, -0.2) is 41.8 Å². The van der Waals surface area contributed by atoms with Gasteiger partial charge in [0, 0.05) is 30.1 Å². The van der Waals surface area contributed by atoms with E-state index in [0.29, 0.717) is 23.6 Å². The van der Waals surface area contributed by atoms with Gasteiger partial charge in [-0.05, 0) is 12.1 Å². The predicted molar refractivity (Wildman–Crippen MR) is 68.2 cm³/mol. The lowest BCUT2D eigenvalue weighted by atomic mass is 10.1. The van der Waals surface area contributed by atoms with Gasteiger partial charge >= 0.3 is 5.97 Å². The lowest BCUT2D eigenvalue weighted by Gasteiger charge is -2.22. The summed E-state index contributed by atoms with van der Waals surface area (Å²) in [6.45, 7) is 0.465. The molecule has 1 aromatic carbocycles. The molecule has 0 aliphatic carbocycles. The topological polar surface area (TPSA) is 49.8 Å². The average molecular weight is 288 g/mol. The molecule has 0 aromatic heterocycles. The number of halogens is 2. The summed E-state index contributed by atoms with van der Waals surface area (Å²) in [4.78, 5) is 13.3. The smallest absolute Gasteiger partial charge is 0.323 e. The van der Waals surface area contributed by atoms with Crippen LogP contribution in [0.1, 0.15) is 12.0 Å². The number of hydrogen-bond acceptors (Lipinski definition) is 4. The van der Waals surface area contributed by atoms with Gasteiger partial charge in [-0.25, -0.2) is 4.39 Å². The monoisotopic (exact) mass is 287 g/mol. The first kappa shape index (κ1) is 14.2. The summed E-state index contributed by atoms with van der Waals surface area (Å²) in [5.41, 5.74) is 0.326. The first-order valence-corrected chi connectivity index (χ1v) is 6.33. The van der Waals surface area contributed by atoms with Gasteiger partial charge in [-0.3, -0.25) is 9.69 Å². The number of hydrogen-bond donors (Lipinski definition) is 1. The summed E-state index contributed by atoms with van der Waals surface area (Å²) < 4.78 is 18.4. The second-order valence-electron chi connectivity index (χ2n) is 4.56. The summed E-state index contributed by atoms with van der Waals surface area (Å²) in [6.07, 6.45) is -0.326. The fourth-order valence-electron chi connectivity index (χ4n) is 2.32. The number of likely N-dealkylation sites (tertiary alicyclic amines) is 1. The van der Waals surface area contributed by atoms with E-state index in [4.69, 9.17) is 16.3 Å². The van der Waals surface area contributed by atoms with Gasteiger partial charge < -0.3 is 9.84 Å². The summed E-state index contributed by atoms with van der Waals surface area (Å²) in [5, 5.41) is 9.97. The Morgan fingerprint density at radius 1 is 1.63 bits per heavy atom. The second kappa shape index (κ2) is 5.86.